The number of carbonyl (C=O) groups is 3. The Morgan fingerprint density at radius 1 is 0.889 bits per heavy atom. The number of rotatable bonds is 9. The number of aliphatic hydroxyl groups is 4. The standard InChI is InChI=1S/C39H63NO14/c1-11-26-24(18-50-38-36(49-10)35(48-9)32(46)22(5)52-38)14-19(2)12-13-27(42)39(6)17-23(15-28(39)43)34(20(3)25(41)16-29(44)53-26)54-37-33(47)30(40(7)8)31(45)21(4)51-37/h12-14,20-24,26,28,30-38,43,45-47H,11,15-18H2,1-10H3/b13-12+,19-14+/t20-,21-,22+,23-,24+,26+,28+,30+,31-,32+,33-,34+,35+,36+,37+,38+,39+/m0/s1. The van der Waals surface area contributed by atoms with E-state index in [0.29, 0.717) is 12.0 Å². The molecule has 0 aromatic rings. The van der Waals surface area contributed by atoms with Crippen LogP contribution in [0.15, 0.2) is 23.8 Å². The van der Waals surface area contributed by atoms with Crippen LogP contribution in [0.3, 0.4) is 0 Å². The fraction of sp³-hybridized carbons (Fsp3) is 0.821. The molecule has 3 aliphatic heterocycles. The largest absolute Gasteiger partial charge is 0.461 e. The zero-order chi connectivity index (χ0) is 40.2. The Morgan fingerprint density at radius 3 is 2.13 bits per heavy atom. The Kier molecular flexibility index (Phi) is 15.6. The summed E-state index contributed by atoms with van der Waals surface area (Å²) in [6, 6.07) is -0.738. The number of hydrogen-bond donors (Lipinski definition) is 4. The van der Waals surface area contributed by atoms with Crippen molar-refractivity contribution in [2.45, 2.75) is 147 Å². The third-order valence-electron chi connectivity index (χ3n) is 11.9. The number of nitrogens with zero attached hydrogens (tertiary/aromatic N) is 1. The monoisotopic (exact) mass is 769 g/mol. The van der Waals surface area contributed by atoms with Gasteiger partial charge < -0.3 is 58.5 Å². The molecule has 0 spiro atoms. The van der Waals surface area contributed by atoms with Crippen LogP contribution < -0.4 is 0 Å². The number of ether oxygens (including phenoxy) is 7. The van der Waals surface area contributed by atoms with Crippen molar-refractivity contribution in [3.8, 4) is 0 Å². The van der Waals surface area contributed by atoms with Gasteiger partial charge in [0.2, 0.25) is 0 Å². The highest BCUT2D eigenvalue weighted by Gasteiger charge is 2.53. The first-order valence-electron chi connectivity index (χ1n) is 19.0. The lowest BCUT2D eigenvalue weighted by Gasteiger charge is -2.46. The number of hydrogen-bond acceptors (Lipinski definition) is 15. The molecular formula is C39H63NO14. The normalized spacial score (nSPS) is 45.9. The van der Waals surface area contributed by atoms with Gasteiger partial charge in [-0.25, -0.2) is 0 Å². The van der Waals surface area contributed by atoms with Crippen LogP contribution in [0.4, 0.5) is 0 Å². The van der Waals surface area contributed by atoms with Crippen LogP contribution in [0, 0.1) is 23.2 Å². The third-order valence-corrected chi connectivity index (χ3v) is 11.9. The molecule has 4 aliphatic rings. The molecule has 3 heterocycles. The van der Waals surface area contributed by atoms with Gasteiger partial charge in [0.15, 0.2) is 18.4 Å². The van der Waals surface area contributed by atoms with E-state index < -0.39 is 121 Å². The zero-order valence-corrected chi connectivity index (χ0v) is 33.3. The number of cyclic esters (lactones) is 1. The Hall–Kier alpha value is -2.15. The number of likely N-dealkylation sites (N-methyl/N-ethyl adjacent to an activating group) is 1. The van der Waals surface area contributed by atoms with Crippen LogP contribution >= 0.6 is 0 Å². The molecular weight excluding hydrogens is 706 g/mol. The van der Waals surface area contributed by atoms with Gasteiger partial charge in [-0.15, -0.1) is 0 Å². The minimum Gasteiger partial charge on any atom is -0.461 e. The van der Waals surface area contributed by atoms with Gasteiger partial charge in [-0.3, -0.25) is 14.4 Å². The number of methoxy groups -OCH3 is 2. The molecule has 0 amide bonds. The van der Waals surface area contributed by atoms with Gasteiger partial charge >= 0.3 is 5.97 Å². The van der Waals surface area contributed by atoms with E-state index in [1.807, 2.05) is 13.0 Å². The number of allylic oxidation sites excluding steroid dienone is 3. The first-order chi connectivity index (χ1) is 25.4. The van der Waals surface area contributed by atoms with Crippen molar-refractivity contribution in [3.05, 3.63) is 23.8 Å². The van der Waals surface area contributed by atoms with Crippen molar-refractivity contribution in [3.63, 3.8) is 0 Å². The summed E-state index contributed by atoms with van der Waals surface area (Å²) in [6.07, 6.45) is -6.11. The van der Waals surface area contributed by atoms with Crippen molar-refractivity contribution in [2.75, 3.05) is 34.9 Å². The van der Waals surface area contributed by atoms with Crippen LogP contribution in [-0.2, 0) is 47.5 Å². The highest BCUT2D eigenvalue weighted by molar-refractivity contribution is 5.97. The van der Waals surface area contributed by atoms with Gasteiger partial charge in [0.25, 0.3) is 0 Å². The van der Waals surface area contributed by atoms with E-state index in [9.17, 15) is 34.8 Å². The molecule has 54 heavy (non-hydrogen) atoms. The minimum atomic E-state index is -1.30. The maximum Gasteiger partial charge on any atom is 0.313 e. The maximum atomic E-state index is 13.9. The second-order valence-electron chi connectivity index (χ2n) is 16.0. The highest BCUT2D eigenvalue weighted by atomic mass is 16.7. The molecule has 4 rings (SSSR count). The van der Waals surface area contributed by atoms with Gasteiger partial charge in [0, 0.05) is 26.1 Å². The van der Waals surface area contributed by atoms with E-state index >= 15 is 0 Å². The molecule has 3 fully saturated rings. The molecule has 17 atom stereocenters. The van der Waals surface area contributed by atoms with E-state index in [4.69, 9.17) is 33.2 Å². The predicted octanol–water partition coefficient (Wildman–Crippen LogP) is 1.32. The van der Waals surface area contributed by atoms with Gasteiger partial charge in [-0.05, 0) is 73.0 Å². The van der Waals surface area contributed by atoms with Crippen molar-refractivity contribution in [1.29, 1.82) is 0 Å². The Bertz CT molecular complexity index is 1360. The molecule has 2 saturated heterocycles. The molecule has 4 N–H and O–H groups in total. The number of esters is 1. The average Bonchev–Trinajstić information content (AvgIpc) is 3.43. The molecule has 308 valence electrons. The number of Topliss-reactive ketones (excluding diaryl/α,β-unsaturated/α-hetero) is 1. The quantitative estimate of drug-likeness (QED) is 0.193. The summed E-state index contributed by atoms with van der Waals surface area (Å²) in [7, 11) is 6.35. The molecule has 0 aromatic carbocycles. The number of ketones is 2. The minimum absolute atomic E-state index is 0.0160. The fourth-order valence-electron chi connectivity index (χ4n) is 8.42. The summed E-state index contributed by atoms with van der Waals surface area (Å²) >= 11 is 0. The predicted molar refractivity (Wildman–Crippen MR) is 194 cm³/mol. The van der Waals surface area contributed by atoms with E-state index in [1.165, 1.54) is 20.3 Å². The second kappa shape index (κ2) is 18.9. The summed E-state index contributed by atoms with van der Waals surface area (Å²) in [5.74, 6) is -3.57. The van der Waals surface area contributed by atoms with E-state index in [0.717, 1.165) is 0 Å². The van der Waals surface area contributed by atoms with Crippen molar-refractivity contribution in [2.24, 2.45) is 23.2 Å². The molecule has 2 bridgehead atoms. The highest BCUT2D eigenvalue weighted by Crippen LogP contribution is 2.47. The van der Waals surface area contributed by atoms with Crippen LogP contribution in [-0.4, -0.2) is 157 Å². The van der Waals surface area contributed by atoms with Crippen molar-refractivity contribution >= 4 is 17.5 Å². The molecule has 15 heteroatoms. The fourth-order valence-corrected chi connectivity index (χ4v) is 8.42. The van der Waals surface area contributed by atoms with Gasteiger partial charge in [-0.1, -0.05) is 31.6 Å². The third kappa shape index (κ3) is 9.68. The molecule has 15 nitrogen and oxygen atoms in total. The van der Waals surface area contributed by atoms with Crippen LogP contribution in [0.2, 0.25) is 0 Å². The zero-order valence-electron chi connectivity index (χ0n) is 33.3. The topological polar surface area (TPSA) is 200 Å². The molecule has 0 unspecified atom stereocenters. The summed E-state index contributed by atoms with van der Waals surface area (Å²) in [6.45, 7) is 10.3. The molecule has 0 aromatic heterocycles. The molecule has 0 radical (unpaired) electrons. The average molecular weight is 770 g/mol. The Balaban J connectivity index is 1.65. The lowest BCUT2D eigenvalue weighted by molar-refractivity contribution is -0.304. The Morgan fingerprint density at radius 2 is 1.52 bits per heavy atom. The smallest absolute Gasteiger partial charge is 0.313 e. The van der Waals surface area contributed by atoms with Crippen molar-refractivity contribution < 1.29 is 68.0 Å². The van der Waals surface area contributed by atoms with Gasteiger partial charge in [0.1, 0.15) is 42.7 Å². The second-order valence-corrected chi connectivity index (χ2v) is 16.0. The summed E-state index contributed by atoms with van der Waals surface area (Å²) in [5, 5.41) is 44.1. The maximum absolute atomic E-state index is 13.9. The van der Waals surface area contributed by atoms with Gasteiger partial charge in [-0.2, -0.15) is 0 Å². The SMILES string of the molecule is CC[C@H]1OC(=O)CC(=O)[C@H](C)[C@@H](O[C@H]2O[C@@H](C)[C@H](O)[C@@H](N(C)C)[C@@H]2O)[C@H]2C[C@@H](O)[C@](C)(C2)C(=O)/C=C/C(C)=C/[C@@H]1CO[C@@H]1O[C@H](C)[C@@H](O)[C@@H](OC)[C@H]1OC. The van der Waals surface area contributed by atoms with Crippen molar-refractivity contribution in [1.82, 2.24) is 4.90 Å². The lowest BCUT2D eigenvalue weighted by Crippen LogP contribution is -2.63. The number of aliphatic hydroxyl groups excluding tert-OH is 4. The van der Waals surface area contributed by atoms with Crippen LogP contribution in [0.25, 0.3) is 0 Å². The van der Waals surface area contributed by atoms with E-state index in [2.05, 4.69) is 0 Å². The van der Waals surface area contributed by atoms with E-state index in [1.54, 1.807) is 59.7 Å². The molecule has 1 saturated carbocycles. The number of carbonyl (C=O) groups excluding carboxylic acids is 3. The van der Waals surface area contributed by atoms with Crippen LogP contribution in [0.5, 0.6) is 0 Å². The Labute approximate surface area is 318 Å². The first kappa shape index (κ1) is 44.6. The van der Waals surface area contributed by atoms with E-state index in [-0.39, 0.29) is 25.2 Å². The lowest BCUT2D eigenvalue weighted by atomic mass is 9.79. The number of fused-ring (bicyclic) bond motifs is 2. The van der Waals surface area contributed by atoms with Gasteiger partial charge in [0.05, 0.1) is 48.6 Å². The summed E-state index contributed by atoms with van der Waals surface area (Å²) < 4.78 is 41.6. The summed E-state index contributed by atoms with van der Waals surface area (Å²) in [5.41, 5.74) is -0.552. The first-order valence-corrected chi connectivity index (χ1v) is 19.0. The molecule has 1 aliphatic carbocycles. The summed E-state index contributed by atoms with van der Waals surface area (Å²) in [4.78, 5) is 43.0. The van der Waals surface area contributed by atoms with Crippen LogP contribution in [0.1, 0.15) is 67.2 Å².